The zero-order valence-electron chi connectivity index (χ0n) is 15.4. The standard InChI is InChI=1S/C18H19F3N2O4S2/c1-28(24,25)16-6-8-17(9-7-16)29(26,27)23-12-10-22(11-13-23)15-4-2-14(3-5-15)18(19,20)21/h2-9H,10-13H2,1H3. The summed E-state index contributed by atoms with van der Waals surface area (Å²) < 4.78 is 87.9. The number of hydrogen-bond donors (Lipinski definition) is 0. The molecule has 0 radical (unpaired) electrons. The lowest BCUT2D eigenvalue weighted by Crippen LogP contribution is -2.48. The Balaban J connectivity index is 1.69. The van der Waals surface area contributed by atoms with E-state index in [-0.39, 0.29) is 22.9 Å². The normalized spacial score (nSPS) is 16.8. The molecule has 1 saturated heterocycles. The van der Waals surface area contributed by atoms with Gasteiger partial charge in [-0.25, -0.2) is 16.8 Å². The van der Waals surface area contributed by atoms with E-state index < -0.39 is 31.6 Å². The number of halogens is 3. The molecule has 2 aromatic carbocycles. The average molecular weight is 448 g/mol. The quantitative estimate of drug-likeness (QED) is 0.719. The maximum Gasteiger partial charge on any atom is 0.416 e. The molecule has 6 nitrogen and oxygen atoms in total. The highest BCUT2D eigenvalue weighted by atomic mass is 32.2. The minimum atomic E-state index is -4.40. The van der Waals surface area contributed by atoms with Crippen LogP contribution in [-0.2, 0) is 26.0 Å². The third-order valence-electron chi connectivity index (χ3n) is 4.69. The van der Waals surface area contributed by atoms with Crippen LogP contribution in [0.2, 0.25) is 0 Å². The van der Waals surface area contributed by atoms with E-state index in [0.29, 0.717) is 18.8 Å². The van der Waals surface area contributed by atoms with Gasteiger partial charge in [-0.15, -0.1) is 0 Å². The lowest BCUT2D eigenvalue weighted by Gasteiger charge is -2.35. The summed E-state index contributed by atoms with van der Waals surface area (Å²) in [5, 5.41) is 0. The van der Waals surface area contributed by atoms with E-state index in [0.717, 1.165) is 18.4 Å². The number of hydrogen-bond acceptors (Lipinski definition) is 5. The number of piperazine rings is 1. The molecule has 0 aliphatic carbocycles. The average Bonchev–Trinajstić information content (AvgIpc) is 2.67. The maximum atomic E-state index is 12.8. The molecule has 0 unspecified atom stereocenters. The van der Waals surface area contributed by atoms with Crippen molar-refractivity contribution in [2.75, 3.05) is 37.3 Å². The molecule has 3 rings (SSSR count). The molecular formula is C18H19F3N2O4S2. The van der Waals surface area contributed by atoms with Gasteiger partial charge in [0.15, 0.2) is 9.84 Å². The first-order chi connectivity index (χ1) is 13.4. The van der Waals surface area contributed by atoms with E-state index in [2.05, 4.69) is 0 Å². The predicted molar refractivity (Wildman–Crippen MR) is 102 cm³/mol. The Morgan fingerprint density at radius 3 is 1.69 bits per heavy atom. The number of nitrogens with zero attached hydrogens (tertiary/aromatic N) is 2. The van der Waals surface area contributed by atoms with E-state index in [1.54, 1.807) is 0 Å². The highest BCUT2D eigenvalue weighted by molar-refractivity contribution is 7.90. The van der Waals surface area contributed by atoms with E-state index in [1.165, 1.54) is 40.7 Å². The highest BCUT2D eigenvalue weighted by Crippen LogP contribution is 2.31. The van der Waals surface area contributed by atoms with Crippen LogP contribution in [0.15, 0.2) is 58.3 Å². The summed E-state index contributed by atoms with van der Waals surface area (Å²) in [7, 11) is -7.22. The molecule has 0 spiro atoms. The van der Waals surface area contributed by atoms with Gasteiger partial charge >= 0.3 is 6.18 Å². The van der Waals surface area contributed by atoms with Gasteiger partial charge in [-0.1, -0.05) is 0 Å². The number of sulfone groups is 1. The van der Waals surface area contributed by atoms with Crippen molar-refractivity contribution in [2.45, 2.75) is 16.0 Å². The Hall–Kier alpha value is -2.11. The molecule has 158 valence electrons. The van der Waals surface area contributed by atoms with Crippen LogP contribution in [0.25, 0.3) is 0 Å². The fraction of sp³-hybridized carbons (Fsp3) is 0.333. The van der Waals surface area contributed by atoms with Gasteiger partial charge in [-0.2, -0.15) is 17.5 Å². The molecule has 0 atom stereocenters. The Morgan fingerprint density at radius 2 is 1.24 bits per heavy atom. The third kappa shape index (κ3) is 4.73. The first kappa shape index (κ1) is 21.6. The first-order valence-electron chi connectivity index (χ1n) is 8.61. The van der Waals surface area contributed by atoms with Crippen molar-refractivity contribution >= 4 is 25.5 Å². The summed E-state index contributed by atoms with van der Waals surface area (Å²) in [5.41, 5.74) is -0.146. The number of sulfonamides is 1. The third-order valence-corrected chi connectivity index (χ3v) is 7.73. The molecule has 0 amide bonds. The van der Waals surface area contributed by atoms with Crippen molar-refractivity contribution in [1.29, 1.82) is 0 Å². The summed E-state index contributed by atoms with van der Waals surface area (Å²) in [6.45, 7) is 0.979. The van der Waals surface area contributed by atoms with Crippen molar-refractivity contribution in [2.24, 2.45) is 0 Å². The number of rotatable bonds is 4. The minimum Gasteiger partial charge on any atom is -0.369 e. The van der Waals surface area contributed by atoms with Crippen molar-refractivity contribution in [3.05, 3.63) is 54.1 Å². The van der Waals surface area contributed by atoms with Gasteiger partial charge in [-0.3, -0.25) is 0 Å². The minimum absolute atomic E-state index is 0.00659. The Bertz CT molecular complexity index is 1070. The molecule has 1 aliphatic rings. The fourth-order valence-corrected chi connectivity index (χ4v) is 5.11. The summed E-state index contributed by atoms with van der Waals surface area (Å²) in [4.78, 5) is 1.84. The predicted octanol–water partition coefficient (Wildman–Crippen LogP) is 2.62. The van der Waals surface area contributed by atoms with Crippen LogP contribution in [-0.4, -0.2) is 53.6 Å². The second kappa shape index (κ2) is 7.62. The van der Waals surface area contributed by atoms with Crippen LogP contribution in [0.5, 0.6) is 0 Å². The van der Waals surface area contributed by atoms with Gasteiger partial charge in [0.05, 0.1) is 15.4 Å². The molecular weight excluding hydrogens is 429 g/mol. The van der Waals surface area contributed by atoms with Gasteiger partial charge in [0, 0.05) is 38.1 Å². The summed E-state index contributed by atoms with van der Waals surface area (Å²) in [6.07, 6.45) is -3.37. The summed E-state index contributed by atoms with van der Waals surface area (Å²) >= 11 is 0. The van der Waals surface area contributed by atoms with Crippen molar-refractivity contribution in [1.82, 2.24) is 4.31 Å². The lowest BCUT2D eigenvalue weighted by atomic mass is 10.2. The summed E-state index contributed by atoms with van der Waals surface area (Å²) in [6, 6.07) is 9.76. The topological polar surface area (TPSA) is 74.8 Å². The molecule has 2 aromatic rings. The molecule has 0 bridgehead atoms. The van der Waals surface area contributed by atoms with Crippen LogP contribution >= 0.6 is 0 Å². The smallest absolute Gasteiger partial charge is 0.369 e. The Morgan fingerprint density at radius 1 is 0.759 bits per heavy atom. The van der Waals surface area contributed by atoms with Crippen molar-refractivity contribution in [3.8, 4) is 0 Å². The molecule has 1 fully saturated rings. The zero-order chi connectivity index (χ0) is 21.4. The molecule has 11 heteroatoms. The van der Waals surface area contributed by atoms with Crippen LogP contribution in [0.4, 0.5) is 18.9 Å². The van der Waals surface area contributed by atoms with Gasteiger partial charge in [0.2, 0.25) is 10.0 Å². The second-order valence-corrected chi connectivity index (χ2v) is 10.6. The second-order valence-electron chi connectivity index (χ2n) is 6.68. The fourth-order valence-electron chi connectivity index (χ4n) is 3.06. The Kier molecular flexibility index (Phi) is 5.67. The van der Waals surface area contributed by atoms with E-state index in [4.69, 9.17) is 0 Å². The maximum absolute atomic E-state index is 12.8. The lowest BCUT2D eigenvalue weighted by molar-refractivity contribution is -0.137. The SMILES string of the molecule is CS(=O)(=O)c1ccc(S(=O)(=O)N2CCN(c3ccc(C(F)(F)F)cc3)CC2)cc1. The van der Waals surface area contributed by atoms with E-state index >= 15 is 0 Å². The van der Waals surface area contributed by atoms with Crippen molar-refractivity contribution in [3.63, 3.8) is 0 Å². The molecule has 29 heavy (non-hydrogen) atoms. The van der Waals surface area contributed by atoms with Crippen LogP contribution in [0.1, 0.15) is 5.56 Å². The van der Waals surface area contributed by atoms with Crippen molar-refractivity contribution < 1.29 is 30.0 Å². The van der Waals surface area contributed by atoms with Gasteiger partial charge in [0.1, 0.15) is 0 Å². The number of alkyl halides is 3. The number of anilines is 1. The van der Waals surface area contributed by atoms with E-state index in [9.17, 15) is 30.0 Å². The van der Waals surface area contributed by atoms with Crippen LogP contribution in [0.3, 0.4) is 0 Å². The zero-order valence-corrected chi connectivity index (χ0v) is 17.1. The molecule has 1 heterocycles. The summed E-state index contributed by atoms with van der Waals surface area (Å²) in [5.74, 6) is 0. The molecule has 1 aliphatic heterocycles. The van der Waals surface area contributed by atoms with Gasteiger partial charge in [-0.05, 0) is 48.5 Å². The molecule has 0 N–H and O–H groups in total. The molecule has 0 saturated carbocycles. The largest absolute Gasteiger partial charge is 0.416 e. The van der Waals surface area contributed by atoms with Crippen LogP contribution < -0.4 is 4.90 Å². The van der Waals surface area contributed by atoms with Gasteiger partial charge < -0.3 is 4.90 Å². The first-order valence-corrected chi connectivity index (χ1v) is 11.9. The van der Waals surface area contributed by atoms with E-state index in [1.807, 2.05) is 4.90 Å². The number of benzene rings is 2. The molecule has 0 aromatic heterocycles. The monoisotopic (exact) mass is 448 g/mol. The Labute approximate surface area is 167 Å². The highest BCUT2D eigenvalue weighted by Gasteiger charge is 2.31. The van der Waals surface area contributed by atoms with Crippen LogP contribution in [0, 0.1) is 0 Å². The van der Waals surface area contributed by atoms with Gasteiger partial charge in [0.25, 0.3) is 0 Å².